The Morgan fingerprint density at radius 1 is 0.370 bits per heavy atom. The summed E-state index contributed by atoms with van der Waals surface area (Å²) in [5.74, 6) is 0. The second-order valence-corrected chi connectivity index (χ2v) is 7.35. The van der Waals surface area contributed by atoms with Gasteiger partial charge >= 0.3 is 0 Å². The number of hydrogen-bond donors (Lipinski definition) is 0. The van der Waals surface area contributed by atoms with E-state index in [9.17, 15) is 0 Å². The molecule has 134 valence electrons. The average molecular weight is 369 g/mol. The highest BCUT2D eigenvalue weighted by Crippen LogP contribution is 2.26. The van der Waals surface area contributed by atoms with Crippen molar-refractivity contribution in [2.75, 3.05) is 0 Å². The van der Waals surface area contributed by atoms with Crippen LogP contribution in [-0.4, -0.2) is 0 Å². The maximum Gasteiger partial charge on any atom is 0.0122 e. The van der Waals surface area contributed by atoms with E-state index in [2.05, 4.69) is 109 Å². The minimum Gasteiger partial charge on any atom is -0.0901 e. The van der Waals surface area contributed by atoms with Gasteiger partial charge in [0.2, 0.25) is 0 Å². The van der Waals surface area contributed by atoms with Crippen LogP contribution in [-0.2, 0) is 12.8 Å². The number of hydrogen-bond acceptors (Lipinski definition) is 1. The van der Waals surface area contributed by atoms with E-state index in [1.807, 2.05) is 12.1 Å². The van der Waals surface area contributed by atoms with Gasteiger partial charge in [-0.25, -0.2) is 0 Å². The second-order valence-electron chi connectivity index (χ2n) is 6.20. The predicted octanol–water partition coefficient (Wildman–Crippen LogP) is 7.31. The number of aryl methyl sites for hydroxylation is 2. The first-order valence-electron chi connectivity index (χ1n) is 9.26. The van der Waals surface area contributed by atoms with Gasteiger partial charge in [-0.3, -0.25) is 0 Å². The highest BCUT2D eigenvalue weighted by Gasteiger charge is 1.94. The van der Waals surface area contributed by atoms with Crippen molar-refractivity contribution in [2.45, 2.75) is 22.6 Å². The molecule has 0 nitrogen and oxygen atoms in total. The summed E-state index contributed by atoms with van der Waals surface area (Å²) >= 11 is 1.79. The molecule has 4 aromatic carbocycles. The van der Waals surface area contributed by atoms with Crippen molar-refractivity contribution < 1.29 is 0 Å². The quantitative estimate of drug-likeness (QED) is 0.356. The van der Waals surface area contributed by atoms with Crippen molar-refractivity contribution in [3.05, 3.63) is 132 Å². The average Bonchev–Trinajstić information content (AvgIpc) is 2.76. The maximum atomic E-state index is 2.18. The third kappa shape index (κ3) is 7.16. The fourth-order valence-electron chi connectivity index (χ4n) is 2.69. The summed E-state index contributed by atoms with van der Waals surface area (Å²) in [5.41, 5.74) is 2.83. The molecule has 4 rings (SSSR count). The molecule has 0 unspecified atom stereocenters. The molecule has 0 N–H and O–H groups in total. The Balaban J connectivity index is 0.000000156. The SMILES string of the molecule is c1ccc(CCc2ccccc2)cc1.c1ccc(Sc2ccccc2)cc1. The summed E-state index contributed by atoms with van der Waals surface area (Å²) in [6, 6.07) is 42.1. The third-order valence-corrected chi connectivity index (χ3v) is 5.13. The molecule has 0 heterocycles. The zero-order chi connectivity index (χ0) is 18.6. The van der Waals surface area contributed by atoms with Gasteiger partial charge in [-0.2, -0.15) is 0 Å². The molecule has 4 aromatic rings. The van der Waals surface area contributed by atoms with Crippen molar-refractivity contribution in [2.24, 2.45) is 0 Å². The van der Waals surface area contributed by atoms with Crippen LogP contribution in [0.25, 0.3) is 0 Å². The van der Waals surface area contributed by atoms with Crippen molar-refractivity contribution in [3.8, 4) is 0 Å². The molecule has 27 heavy (non-hydrogen) atoms. The lowest BCUT2D eigenvalue weighted by Crippen LogP contribution is -1.89. The van der Waals surface area contributed by atoms with Crippen molar-refractivity contribution in [1.29, 1.82) is 0 Å². The molecule has 0 aliphatic rings. The van der Waals surface area contributed by atoms with E-state index in [0.717, 1.165) is 12.8 Å². The molecule has 0 fully saturated rings. The van der Waals surface area contributed by atoms with E-state index in [1.165, 1.54) is 20.9 Å². The van der Waals surface area contributed by atoms with E-state index < -0.39 is 0 Å². The van der Waals surface area contributed by atoms with E-state index in [0.29, 0.717) is 0 Å². The predicted molar refractivity (Wildman–Crippen MR) is 117 cm³/mol. The summed E-state index contributed by atoms with van der Waals surface area (Å²) in [7, 11) is 0. The van der Waals surface area contributed by atoms with E-state index in [1.54, 1.807) is 11.8 Å². The Hall–Kier alpha value is -2.77. The fourth-order valence-corrected chi connectivity index (χ4v) is 3.55. The van der Waals surface area contributed by atoms with Crippen LogP contribution in [0.2, 0.25) is 0 Å². The van der Waals surface area contributed by atoms with Gasteiger partial charge in [0, 0.05) is 9.79 Å². The summed E-state index contributed by atoms with van der Waals surface area (Å²) in [5, 5.41) is 0. The molecule has 0 saturated heterocycles. The van der Waals surface area contributed by atoms with Gasteiger partial charge in [0.15, 0.2) is 0 Å². The first-order chi connectivity index (χ1) is 13.4. The largest absolute Gasteiger partial charge is 0.0901 e. The molecular weight excluding hydrogens is 344 g/mol. The molecule has 1 heteroatoms. The topological polar surface area (TPSA) is 0 Å². The van der Waals surface area contributed by atoms with Gasteiger partial charge in [-0.05, 0) is 48.2 Å². The zero-order valence-electron chi connectivity index (χ0n) is 15.4. The lowest BCUT2D eigenvalue weighted by atomic mass is 10.0. The van der Waals surface area contributed by atoms with Crippen LogP contribution in [0.1, 0.15) is 11.1 Å². The van der Waals surface area contributed by atoms with Crippen molar-refractivity contribution >= 4 is 11.8 Å². The Morgan fingerprint density at radius 2 is 0.667 bits per heavy atom. The first kappa shape index (κ1) is 19.0. The van der Waals surface area contributed by atoms with Gasteiger partial charge in [-0.1, -0.05) is 109 Å². The minimum atomic E-state index is 1.13. The second kappa shape index (κ2) is 11.1. The molecule has 0 spiro atoms. The summed E-state index contributed by atoms with van der Waals surface area (Å²) in [6.45, 7) is 0. The standard InChI is InChI=1S/C14H14.C12H10S/c1-3-7-13(8-4-1)11-12-14-9-5-2-6-10-14;1-3-7-11(8-4-1)13-12-9-5-2-6-10-12/h1-10H,11-12H2;1-10H. The van der Waals surface area contributed by atoms with Crippen LogP contribution < -0.4 is 0 Å². The van der Waals surface area contributed by atoms with Crippen LogP contribution in [0, 0.1) is 0 Å². The Kier molecular flexibility index (Phi) is 7.78. The van der Waals surface area contributed by atoms with Crippen molar-refractivity contribution in [1.82, 2.24) is 0 Å². The minimum absolute atomic E-state index is 1.13. The van der Waals surface area contributed by atoms with E-state index in [-0.39, 0.29) is 0 Å². The normalized spacial score (nSPS) is 9.93. The lowest BCUT2D eigenvalue weighted by Gasteiger charge is -2.01. The van der Waals surface area contributed by atoms with Crippen LogP contribution in [0.15, 0.2) is 131 Å². The zero-order valence-corrected chi connectivity index (χ0v) is 16.2. The van der Waals surface area contributed by atoms with Crippen LogP contribution in [0.4, 0.5) is 0 Å². The Labute approximate surface area is 166 Å². The first-order valence-corrected chi connectivity index (χ1v) is 10.1. The Morgan fingerprint density at radius 3 is 1.00 bits per heavy atom. The molecule has 0 saturated carbocycles. The molecule has 0 atom stereocenters. The fraction of sp³-hybridized carbons (Fsp3) is 0.0769. The molecule has 0 bridgehead atoms. The Bertz CT molecular complexity index is 795. The highest BCUT2D eigenvalue weighted by molar-refractivity contribution is 7.99. The van der Waals surface area contributed by atoms with Crippen LogP contribution >= 0.6 is 11.8 Å². The van der Waals surface area contributed by atoms with Crippen LogP contribution in [0.3, 0.4) is 0 Å². The third-order valence-electron chi connectivity index (χ3n) is 4.11. The van der Waals surface area contributed by atoms with E-state index in [4.69, 9.17) is 0 Å². The van der Waals surface area contributed by atoms with E-state index >= 15 is 0 Å². The van der Waals surface area contributed by atoms with Gasteiger partial charge in [0.25, 0.3) is 0 Å². The van der Waals surface area contributed by atoms with Gasteiger partial charge < -0.3 is 0 Å². The monoisotopic (exact) mass is 368 g/mol. The number of benzene rings is 4. The van der Waals surface area contributed by atoms with Gasteiger partial charge in [0.1, 0.15) is 0 Å². The van der Waals surface area contributed by atoms with Gasteiger partial charge in [-0.15, -0.1) is 0 Å². The maximum absolute atomic E-state index is 2.18. The highest BCUT2D eigenvalue weighted by atomic mass is 32.2. The molecule has 0 aliphatic heterocycles. The smallest absolute Gasteiger partial charge is 0.0122 e. The molecule has 0 aromatic heterocycles. The lowest BCUT2D eigenvalue weighted by molar-refractivity contribution is 0.960. The molecule has 0 amide bonds. The van der Waals surface area contributed by atoms with Gasteiger partial charge in [0.05, 0.1) is 0 Å². The molecule has 0 aliphatic carbocycles. The summed E-state index contributed by atoms with van der Waals surface area (Å²) in [6.07, 6.45) is 2.26. The number of rotatable bonds is 5. The summed E-state index contributed by atoms with van der Waals surface area (Å²) < 4.78 is 0. The summed E-state index contributed by atoms with van der Waals surface area (Å²) in [4.78, 5) is 2.57. The molecular formula is C26H24S. The van der Waals surface area contributed by atoms with Crippen molar-refractivity contribution in [3.63, 3.8) is 0 Å². The molecule has 0 radical (unpaired) electrons. The van der Waals surface area contributed by atoms with Crippen LogP contribution in [0.5, 0.6) is 0 Å².